The number of nitrogens with zero attached hydrogens (tertiary/aromatic N) is 2. The van der Waals surface area contributed by atoms with Crippen LogP contribution in [0.2, 0.25) is 32.7 Å². The van der Waals surface area contributed by atoms with Gasteiger partial charge in [0.25, 0.3) is 0 Å². The molecular formula is C45H61IrN2O2SSi2-. The van der Waals surface area contributed by atoms with Crippen LogP contribution in [-0.4, -0.2) is 37.0 Å². The van der Waals surface area contributed by atoms with Gasteiger partial charge < -0.3 is 5.11 Å². The maximum atomic E-state index is 12.3. The molecule has 0 atom stereocenters. The molecular weight excluding hydrogens is 881 g/mol. The second kappa shape index (κ2) is 18.3. The summed E-state index contributed by atoms with van der Waals surface area (Å²) >= 11 is 1.89. The summed E-state index contributed by atoms with van der Waals surface area (Å²) in [4.78, 5) is 21.9. The van der Waals surface area contributed by atoms with Crippen molar-refractivity contribution in [2.45, 2.75) is 95.0 Å². The van der Waals surface area contributed by atoms with Crippen molar-refractivity contribution in [2.24, 2.45) is 35.5 Å². The topological polar surface area (TPSA) is 63.1 Å². The zero-order valence-electron chi connectivity index (χ0n) is 34.4. The third-order valence-corrected chi connectivity index (χ3v) is 18.7. The quantitative estimate of drug-likeness (QED) is 0.0620. The molecule has 5 rings (SSSR count). The fourth-order valence-corrected chi connectivity index (χ4v) is 14.6. The summed E-state index contributed by atoms with van der Waals surface area (Å²) in [6.45, 7) is 31.0. The molecule has 0 unspecified atom stereocenters. The van der Waals surface area contributed by atoms with Crippen molar-refractivity contribution < 1.29 is 30.0 Å². The van der Waals surface area contributed by atoms with E-state index in [2.05, 4.69) is 162 Å². The van der Waals surface area contributed by atoms with Gasteiger partial charge in [0.1, 0.15) is 14.4 Å². The van der Waals surface area contributed by atoms with E-state index < -0.39 is 16.1 Å². The Labute approximate surface area is 339 Å². The minimum absolute atomic E-state index is 0. The number of aryl methyl sites for hydroxylation is 1. The Balaban J connectivity index is 0.000000327. The minimum atomic E-state index is -1.84. The molecule has 2 heterocycles. The van der Waals surface area contributed by atoms with Crippen LogP contribution >= 0.6 is 11.3 Å². The number of hydrogen-bond acceptors (Lipinski definition) is 5. The fraction of sp³-hybridized carbons (Fsp3) is 0.444. The van der Waals surface area contributed by atoms with Gasteiger partial charge in [-0.2, -0.15) is 0 Å². The van der Waals surface area contributed by atoms with E-state index in [-0.39, 0.29) is 43.5 Å². The van der Waals surface area contributed by atoms with E-state index in [4.69, 9.17) is 9.97 Å². The van der Waals surface area contributed by atoms with Gasteiger partial charge in [-0.1, -0.05) is 153 Å². The largest absolute Gasteiger partial charge is 0.512 e. The van der Waals surface area contributed by atoms with Crippen molar-refractivity contribution in [1.29, 1.82) is 0 Å². The van der Waals surface area contributed by atoms with Crippen LogP contribution in [0.15, 0.2) is 78.8 Å². The zero-order valence-corrected chi connectivity index (χ0v) is 39.6. The molecule has 287 valence electrons. The van der Waals surface area contributed by atoms with Gasteiger partial charge in [0.15, 0.2) is 5.78 Å². The van der Waals surface area contributed by atoms with Crippen LogP contribution in [0.4, 0.5) is 0 Å². The molecule has 1 radical (unpaired) electrons. The van der Waals surface area contributed by atoms with Crippen LogP contribution in [0, 0.1) is 48.5 Å². The SMILES string of the molecule is CC(C)C(C(=O)/C=C(\O)C(C(C)C)C(C)C)C(C)C.Cc1c([Si](C)(C)c2ccccc2)sc2c(-c3[c-]c4ccccc4c([Si](C)(C)C)c3)ncnc12.[Ir]. The molecule has 0 fully saturated rings. The predicted octanol–water partition coefficient (Wildman–Crippen LogP) is 10.8. The number of aliphatic hydroxyl groups is 1. The maximum Gasteiger partial charge on any atom is 0.162 e. The second-order valence-electron chi connectivity index (χ2n) is 17.3. The van der Waals surface area contributed by atoms with Gasteiger partial charge >= 0.3 is 0 Å². The summed E-state index contributed by atoms with van der Waals surface area (Å²) in [5, 5.41) is 15.7. The number of benzene rings is 3. The Morgan fingerprint density at radius 1 is 0.792 bits per heavy atom. The molecule has 0 aliphatic heterocycles. The van der Waals surface area contributed by atoms with Crippen LogP contribution in [0.1, 0.15) is 61.0 Å². The average molecular weight is 942 g/mol. The maximum absolute atomic E-state index is 12.3. The van der Waals surface area contributed by atoms with Crippen molar-refractivity contribution in [2.75, 3.05) is 0 Å². The number of ketones is 1. The number of rotatable bonds is 11. The molecule has 3 aromatic carbocycles. The van der Waals surface area contributed by atoms with E-state index in [0.717, 1.165) is 16.8 Å². The van der Waals surface area contributed by atoms with E-state index >= 15 is 0 Å². The van der Waals surface area contributed by atoms with Gasteiger partial charge in [-0.05, 0) is 36.2 Å². The molecule has 0 aliphatic rings. The predicted molar refractivity (Wildman–Crippen MR) is 232 cm³/mol. The molecule has 4 nitrogen and oxygen atoms in total. The van der Waals surface area contributed by atoms with Crippen molar-refractivity contribution in [1.82, 2.24) is 9.97 Å². The van der Waals surface area contributed by atoms with Gasteiger partial charge in [-0.15, -0.1) is 40.1 Å². The van der Waals surface area contributed by atoms with Crippen LogP contribution in [0.5, 0.6) is 0 Å². The first-order chi connectivity index (χ1) is 24.3. The van der Waals surface area contributed by atoms with E-state index in [1.54, 1.807) is 6.33 Å². The second-order valence-corrected chi connectivity index (χ2v) is 28.1. The number of aliphatic hydroxyl groups excluding tert-OH is 1. The average Bonchev–Trinajstić information content (AvgIpc) is 3.40. The molecule has 0 bridgehead atoms. The molecule has 0 saturated carbocycles. The zero-order chi connectivity index (χ0) is 38.7. The summed E-state index contributed by atoms with van der Waals surface area (Å²) in [5.41, 5.74) is 4.51. The normalized spacial score (nSPS) is 12.7. The van der Waals surface area contributed by atoms with E-state index in [1.807, 2.05) is 11.3 Å². The Kier molecular flexibility index (Phi) is 15.4. The number of thiophene rings is 1. The Morgan fingerprint density at radius 3 is 1.89 bits per heavy atom. The van der Waals surface area contributed by atoms with Crippen LogP contribution in [0.3, 0.4) is 0 Å². The summed E-state index contributed by atoms with van der Waals surface area (Å²) < 4.78 is 2.67. The van der Waals surface area contributed by atoms with Crippen molar-refractivity contribution >= 4 is 69.1 Å². The van der Waals surface area contributed by atoms with E-state index in [9.17, 15) is 9.90 Å². The molecule has 5 aromatic rings. The van der Waals surface area contributed by atoms with Gasteiger partial charge in [-0.25, -0.2) is 4.98 Å². The molecule has 0 amide bonds. The number of carbonyl (C=O) groups is 1. The van der Waals surface area contributed by atoms with Crippen molar-refractivity contribution in [3.63, 3.8) is 0 Å². The molecule has 0 saturated heterocycles. The van der Waals surface area contributed by atoms with E-state index in [1.165, 1.54) is 42.0 Å². The Morgan fingerprint density at radius 2 is 1.34 bits per heavy atom. The van der Waals surface area contributed by atoms with Crippen LogP contribution < -0.4 is 14.9 Å². The summed E-state index contributed by atoms with van der Waals surface area (Å²) in [5.74, 6) is 1.63. The number of aromatic nitrogens is 2. The van der Waals surface area contributed by atoms with Gasteiger partial charge in [0.2, 0.25) is 0 Å². The molecule has 8 heteroatoms. The summed E-state index contributed by atoms with van der Waals surface area (Å²) in [6, 6.07) is 25.7. The smallest absolute Gasteiger partial charge is 0.162 e. The van der Waals surface area contributed by atoms with Crippen molar-refractivity contribution in [3.8, 4) is 11.3 Å². The number of allylic oxidation sites excluding steroid dienone is 2. The van der Waals surface area contributed by atoms with Gasteiger partial charge in [0.05, 0.1) is 19.3 Å². The van der Waals surface area contributed by atoms with Gasteiger partial charge in [-0.3, -0.25) is 9.78 Å². The first kappa shape index (κ1) is 44.6. The number of hydrogen-bond donors (Lipinski definition) is 1. The molecule has 53 heavy (non-hydrogen) atoms. The van der Waals surface area contributed by atoms with E-state index in [0.29, 0.717) is 23.7 Å². The first-order valence-electron chi connectivity index (χ1n) is 19.0. The standard InChI is InChI=1S/C28H29N2SSi2.C17H32O2.Ir/c1-19-25-27(31-28(19)33(5,6)22-13-8-7-9-14-22)26(30-18-29-25)21-16-20-12-10-11-15-23(20)24(17-21)32(2,3)4;1-10(2)16(11(3)4)14(18)9-15(19)17(12(5)6)13(7)8;/h7-15,17-18H,1-6H3;9-13,16-18H,1-8H3;/q-1;;/b;14-9-;. The Bertz CT molecular complexity index is 2010. The number of carbonyl (C=O) groups excluding carboxylic acids is 1. The monoisotopic (exact) mass is 942 g/mol. The van der Waals surface area contributed by atoms with Crippen LogP contribution in [-0.2, 0) is 24.9 Å². The third-order valence-electron chi connectivity index (χ3n) is 10.4. The molecule has 2 aromatic heterocycles. The number of fused-ring (bicyclic) bond motifs is 2. The van der Waals surface area contributed by atoms with Gasteiger partial charge in [0, 0.05) is 52.9 Å². The first-order valence-corrected chi connectivity index (χ1v) is 26.3. The Hall–Kier alpha value is -2.75. The minimum Gasteiger partial charge on any atom is -0.512 e. The summed E-state index contributed by atoms with van der Waals surface area (Å²) in [7, 11) is -3.41. The van der Waals surface area contributed by atoms with Crippen molar-refractivity contribution in [3.05, 3.63) is 90.5 Å². The molecule has 0 spiro atoms. The summed E-state index contributed by atoms with van der Waals surface area (Å²) in [6.07, 6.45) is 3.21. The fourth-order valence-electron chi connectivity index (χ4n) is 7.99. The van der Waals surface area contributed by atoms with Crippen LogP contribution in [0.25, 0.3) is 32.2 Å². The third kappa shape index (κ3) is 10.1. The molecule has 1 N–H and O–H groups in total. The molecule has 0 aliphatic carbocycles.